The van der Waals surface area contributed by atoms with Crippen molar-refractivity contribution in [1.82, 2.24) is 4.31 Å². The Balaban J connectivity index is 1.78. The summed E-state index contributed by atoms with van der Waals surface area (Å²) in [5.74, 6) is 1.37. The first-order chi connectivity index (χ1) is 9.88. The largest absolute Gasteiger partial charge is 0.398 e. The van der Waals surface area contributed by atoms with Crippen LogP contribution in [0.3, 0.4) is 0 Å². The lowest BCUT2D eigenvalue weighted by atomic mass is 9.89. The van der Waals surface area contributed by atoms with Gasteiger partial charge in [0.1, 0.15) is 10.7 Å². The molecule has 1 aromatic carbocycles. The van der Waals surface area contributed by atoms with E-state index in [-0.39, 0.29) is 10.6 Å². The van der Waals surface area contributed by atoms with E-state index in [4.69, 9.17) is 5.73 Å². The van der Waals surface area contributed by atoms with Crippen LogP contribution in [0.2, 0.25) is 0 Å². The molecular weight excluding hydrogens is 291 g/mol. The van der Waals surface area contributed by atoms with Crippen molar-refractivity contribution in [3.63, 3.8) is 0 Å². The zero-order chi connectivity index (χ0) is 15.2. The minimum absolute atomic E-state index is 0.00504. The van der Waals surface area contributed by atoms with Crippen LogP contribution in [0.5, 0.6) is 0 Å². The Kier molecular flexibility index (Phi) is 3.69. The zero-order valence-corrected chi connectivity index (χ0v) is 12.9. The third-order valence-corrected chi connectivity index (χ3v) is 6.93. The molecule has 1 aromatic rings. The molecule has 116 valence electrons. The van der Waals surface area contributed by atoms with Crippen LogP contribution in [-0.2, 0) is 10.0 Å². The fraction of sp³-hybridized carbons (Fsp3) is 0.600. The van der Waals surface area contributed by atoms with Crippen molar-refractivity contribution in [2.45, 2.75) is 30.6 Å². The predicted molar refractivity (Wildman–Crippen MR) is 79.6 cm³/mol. The highest BCUT2D eigenvalue weighted by Gasteiger charge is 2.41. The Morgan fingerprint density at radius 1 is 1.33 bits per heavy atom. The normalized spacial score (nSPS) is 28.4. The zero-order valence-electron chi connectivity index (χ0n) is 12.1. The summed E-state index contributed by atoms with van der Waals surface area (Å²) in [6.45, 7) is 0.528. The van der Waals surface area contributed by atoms with Crippen LogP contribution in [0.25, 0.3) is 0 Å². The van der Waals surface area contributed by atoms with E-state index in [0.717, 1.165) is 24.5 Å². The average Bonchev–Trinajstić information content (AvgIpc) is 3.00. The van der Waals surface area contributed by atoms with E-state index in [1.165, 1.54) is 29.6 Å². The number of sulfonamides is 1. The van der Waals surface area contributed by atoms with Gasteiger partial charge in [0.15, 0.2) is 0 Å². The van der Waals surface area contributed by atoms with Crippen LogP contribution in [0.15, 0.2) is 23.1 Å². The summed E-state index contributed by atoms with van der Waals surface area (Å²) >= 11 is 0. The second-order valence-electron chi connectivity index (χ2n) is 6.40. The number of fused-ring (bicyclic) bond motifs is 2. The molecule has 0 radical (unpaired) electrons. The molecule has 3 unspecified atom stereocenters. The molecule has 0 heterocycles. The van der Waals surface area contributed by atoms with Crippen molar-refractivity contribution in [1.29, 1.82) is 0 Å². The summed E-state index contributed by atoms with van der Waals surface area (Å²) in [5.41, 5.74) is 5.64. The van der Waals surface area contributed by atoms with Crippen LogP contribution in [0.1, 0.15) is 25.7 Å². The smallest absolute Gasteiger partial charge is 0.244 e. The van der Waals surface area contributed by atoms with Crippen LogP contribution in [0, 0.1) is 23.6 Å². The van der Waals surface area contributed by atoms with E-state index in [1.54, 1.807) is 7.05 Å². The summed E-state index contributed by atoms with van der Waals surface area (Å²) in [7, 11) is -2.06. The fourth-order valence-corrected chi connectivity index (χ4v) is 5.27. The summed E-state index contributed by atoms with van der Waals surface area (Å²) < 4.78 is 39.6. The van der Waals surface area contributed by atoms with E-state index < -0.39 is 15.8 Å². The van der Waals surface area contributed by atoms with E-state index in [1.807, 2.05) is 0 Å². The third-order valence-electron chi connectivity index (χ3n) is 5.04. The van der Waals surface area contributed by atoms with Gasteiger partial charge < -0.3 is 5.73 Å². The number of rotatable bonds is 4. The van der Waals surface area contributed by atoms with Gasteiger partial charge >= 0.3 is 0 Å². The van der Waals surface area contributed by atoms with Gasteiger partial charge in [0.2, 0.25) is 10.0 Å². The molecule has 2 bridgehead atoms. The molecule has 6 heteroatoms. The third kappa shape index (κ3) is 2.66. The predicted octanol–water partition coefficient (Wildman–Crippen LogP) is 2.46. The van der Waals surface area contributed by atoms with Crippen molar-refractivity contribution < 1.29 is 12.8 Å². The molecule has 2 aliphatic carbocycles. The van der Waals surface area contributed by atoms with Gasteiger partial charge in [0.05, 0.1) is 5.69 Å². The van der Waals surface area contributed by atoms with Crippen LogP contribution < -0.4 is 5.73 Å². The van der Waals surface area contributed by atoms with Gasteiger partial charge in [-0.2, -0.15) is 0 Å². The van der Waals surface area contributed by atoms with Gasteiger partial charge in [-0.25, -0.2) is 17.1 Å². The molecule has 2 fully saturated rings. The topological polar surface area (TPSA) is 63.4 Å². The van der Waals surface area contributed by atoms with Gasteiger partial charge in [0.25, 0.3) is 0 Å². The first-order valence-electron chi connectivity index (χ1n) is 7.39. The molecule has 3 rings (SSSR count). The summed E-state index contributed by atoms with van der Waals surface area (Å²) in [5, 5.41) is 0. The first-order valence-corrected chi connectivity index (χ1v) is 8.83. The molecule has 0 aliphatic heterocycles. The molecule has 0 spiro atoms. The second kappa shape index (κ2) is 5.25. The standard InChI is InChI=1S/C15H21FN2O2S/c1-18(9-12-7-10-2-3-11(12)6-10)21(19,20)15-5-4-13(16)8-14(15)17/h4-5,8,10-12H,2-3,6-7,9,17H2,1H3. The second-order valence-corrected chi connectivity index (χ2v) is 8.42. The van der Waals surface area contributed by atoms with Gasteiger partial charge in [-0.3, -0.25) is 0 Å². The van der Waals surface area contributed by atoms with Crippen LogP contribution in [-0.4, -0.2) is 26.3 Å². The number of nitrogens with zero attached hydrogens (tertiary/aromatic N) is 1. The lowest BCUT2D eigenvalue weighted by molar-refractivity contribution is 0.280. The van der Waals surface area contributed by atoms with Crippen LogP contribution >= 0.6 is 0 Å². The van der Waals surface area contributed by atoms with Crippen molar-refractivity contribution in [2.75, 3.05) is 19.3 Å². The molecule has 21 heavy (non-hydrogen) atoms. The van der Waals surface area contributed by atoms with Gasteiger partial charge in [-0.1, -0.05) is 6.42 Å². The molecule has 4 nitrogen and oxygen atoms in total. The van der Waals surface area contributed by atoms with E-state index in [0.29, 0.717) is 18.4 Å². The minimum atomic E-state index is -3.65. The summed E-state index contributed by atoms with van der Waals surface area (Å²) in [6, 6.07) is 3.43. The first kappa shape index (κ1) is 14.8. The molecule has 0 saturated heterocycles. The number of hydrogen-bond donors (Lipinski definition) is 1. The highest BCUT2D eigenvalue weighted by molar-refractivity contribution is 7.89. The SMILES string of the molecule is CN(CC1CC2CCC1C2)S(=O)(=O)c1ccc(F)cc1N. The van der Waals surface area contributed by atoms with Gasteiger partial charge in [-0.15, -0.1) is 0 Å². The minimum Gasteiger partial charge on any atom is -0.398 e. The van der Waals surface area contributed by atoms with E-state index >= 15 is 0 Å². The monoisotopic (exact) mass is 312 g/mol. The maximum atomic E-state index is 13.1. The quantitative estimate of drug-likeness (QED) is 0.869. The van der Waals surface area contributed by atoms with Crippen molar-refractivity contribution in [2.24, 2.45) is 17.8 Å². The lowest BCUT2D eigenvalue weighted by Crippen LogP contribution is -2.34. The molecule has 2 N–H and O–H groups in total. The molecule has 3 atom stereocenters. The van der Waals surface area contributed by atoms with E-state index in [2.05, 4.69) is 0 Å². The average molecular weight is 312 g/mol. The van der Waals surface area contributed by atoms with Crippen molar-refractivity contribution in [3.8, 4) is 0 Å². The molecular formula is C15H21FN2O2S. The molecule has 0 amide bonds. The Labute approximate surface area is 125 Å². The highest BCUT2D eigenvalue weighted by atomic mass is 32.2. The number of anilines is 1. The lowest BCUT2D eigenvalue weighted by Gasteiger charge is -2.27. The fourth-order valence-electron chi connectivity index (χ4n) is 3.95. The maximum Gasteiger partial charge on any atom is 0.244 e. The van der Waals surface area contributed by atoms with Crippen molar-refractivity contribution >= 4 is 15.7 Å². The maximum absolute atomic E-state index is 13.1. The number of nitrogen functional groups attached to an aromatic ring is 1. The Morgan fingerprint density at radius 2 is 2.10 bits per heavy atom. The Morgan fingerprint density at radius 3 is 2.67 bits per heavy atom. The van der Waals surface area contributed by atoms with Crippen LogP contribution in [0.4, 0.5) is 10.1 Å². The number of halogens is 1. The Hall–Kier alpha value is -1.14. The highest BCUT2D eigenvalue weighted by Crippen LogP contribution is 2.48. The summed E-state index contributed by atoms with van der Waals surface area (Å²) in [6.07, 6.45) is 4.89. The number of nitrogens with two attached hydrogens (primary N) is 1. The number of benzene rings is 1. The van der Waals surface area contributed by atoms with Gasteiger partial charge in [-0.05, 0) is 55.2 Å². The van der Waals surface area contributed by atoms with Gasteiger partial charge in [0, 0.05) is 13.6 Å². The van der Waals surface area contributed by atoms with Crippen molar-refractivity contribution in [3.05, 3.63) is 24.0 Å². The number of hydrogen-bond acceptors (Lipinski definition) is 3. The molecule has 0 aromatic heterocycles. The Bertz CT molecular complexity index is 647. The molecule has 2 aliphatic rings. The van der Waals surface area contributed by atoms with E-state index in [9.17, 15) is 12.8 Å². The molecule has 2 saturated carbocycles. The summed E-state index contributed by atoms with van der Waals surface area (Å²) in [4.78, 5) is -0.00504.